The highest BCUT2D eigenvalue weighted by molar-refractivity contribution is 9.10. The van der Waals surface area contributed by atoms with Gasteiger partial charge in [-0.1, -0.05) is 47.5 Å². The summed E-state index contributed by atoms with van der Waals surface area (Å²) in [5.41, 5.74) is -0.530. The van der Waals surface area contributed by atoms with E-state index in [2.05, 4.69) is 20.9 Å². The minimum atomic E-state index is -0.593. The van der Waals surface area contributed by atoms with Gasteiger partial charge in [0.05, 0.1) is 0 Å². The fourth-order valence-corrected chi connectivity index (χ4v) is 2.88. The first-order chi connectivity index (χ1) is 9.97. The Morgan fingerprint density at radius 3 is 2.62 bits per heavy atom. The second-order valence-corrected chi connectivity index (χ2v) is 5.80. The molecule has 0 bridgehead atoms. The van der Waals surface area contributed by atoms with Crippen molar-refractivity contribution >= 4 is 15.9 Å². The first kappa shape index (κ1) is 15.6. The van der Waals surface area contributed by atoms with Crippen molar-refractivity contribution in [3.8, 4) is 17.0 Å². The maximum absolute atomic E-state index is 12.1. The quantitative estimate of drug-likeness (QED) is 0.887. The van der Waals surface area contributed by atoms with Crippen LogP contribution in [0.4, 0.5) is 0 Å². The number of halogens is 1. The summed E-state index contributed by atoms with van der Waals surface area (Å²) in [5, 5.41) is 10.4. The zero-order chi connectivity index (χ0) is 15.6. The van der Waals surface area contributed by atoms with Crippen LogP contribution in [0.25, 0.3) is 11.1 Å². The zero-order valence-corrected chi connectivity index (χ0v) is 13.5. The van der Waals surface area contributed by atoms with Crippen molar-refractivity contribution in [2.24, 2.45) is 0 Å². The molecule has 0 spiro atoms. The third-order valence-electron chi connectivity index (χ3n) is 3.41. The zero-order valence-electron chi connectivity index (χ0n) is 11.9. The molecular formula is C15H17BrN2O3. The molecule has 1 aromatic heterocycles. The van der Waals surface area contributed by atoms with Gasteiger partial charge in [0.2, 0.25) is 5.88 Å². The standard InChI is InChI=1S/C15H17BrN2O3/c1-3-6-9(2)18-14(20)12(13(19)17-15(18)21)10-7-4-5-8-11(10)16/h4-5,7-9,20H,3,6H2,1-2H3,(H,17,19,21). The Balaban J connectivity index is 2.74. The van der Waals surface area contributed by atoms with Crippen LogP contribution in [0.15, 0.2) is 38.3 Å². The summed E-state index contributed by atoms with van der Waals surface area (Å²) >= 11 is 3.36. The lowest BCUT2D eigenvalue weighted by molar-refractivity contribution is 0.363. The van der Waals surface area contributed by atoms with Crippen molar-refractivity contribution in [2.75, 3.05) is 0 Å². The molecule has 0 aliphatic rings. The minimum Gasteiger partial charge on any atom is -0.494 e. The molecule has 0 radical (unpaired) electrons. The fourth-order valence-electron chi connectivity index (χ4n) is 2.40. The number of H-pyrrole nitrogens is 1. The number of aromatic hydroxyl groups is 1. The van der Waals surface area contributed by atoms with Crippen molar-refractivity contribution < 1.29 is 5.11 Å². The number of aromatic amines is 1. The van der Waals surface area contributed by atoms with E-state index < -0.39 is 11.2 Å². The van der Waals surface area contributed by atoms with Crippen LogP contribution in [0.3, 0.4) is 0 Å². The van der Waals surface area contributed by atoms with Crippen LogP contribution in [0.1, 0.15) is 32.7 Å². The van der Waals surface area contributed by atoms with Crippen molar-refractivity contribution in [3.63, 3.8) is 0 Å². The molecule has 0 saturated heterocycles. The highest BCUT2D eigenvalue weighted by Crippen LogP contribution is 2.32. The predicted molar refractivity (Wildman–Crippen MR) is 85.7 cm³/mol. The number of hydrogen-bond donors (Lipinski definition) is 2. The summed E-state index contributed by atoms with van der Waals surface area (Å²) < 4.78 is 1.92. The summed E-state index contributed by atoms with van der Waals surface area (Å²) in [6, 6.07) is 6.88. The van der Waals surface area contributed by atoms with Crippen LogP contribution in [-0.2, 0) is 0 Å². The van der Waals surface area contributed by atoms with Gasteiger partial charge in [-0.05, 0) is 19.4 Å². The minimum absolute atomic E-state index is 0.102. The summed E-state index contributed by atoms with van der Waals surface area (Å²) in [7, 11) is 0. The lowest BCUT2D eigenvalue weighted by Crippen LogP contribution is -2.32. The number of nitrogens with one attached hydrogen (secondary N) is 1. The number of nitrogens with zero attached hydrogens (tertiary/aromatic N) is 1. The number of benzene rings is 1. The third-order valence-corrected chi connectivity index (χ3v) is 4.10. The normalized spacial score (nSPS) is 12.3. The Morgan fingerprint density at radius 2 is 2.00 bits per heavy atom. The fraction of sp³-hybridized carbons (Fsp3) is 0.333. The monoisotopic (exact) mass is 352 g/mol. The van der Waals surface area contributed by atoms with Gasteiger partial charge in [-0.3, -0.25) is 14.3 Å². The van der Waals surface area contributed by atoms with Crippen molar-refractivity contribution in [1.82, 2.24) is 9.55 Å². The van der Waals surface area contributed by atoms with Gasteiger partial charge in [0, 0.05) is 16.1 Å². The first-order valence-electron chi connectivity index (χ1n) is 6.80. The van der Waals surface area contributed by atoms with Gasteiger partial charge >= 0.3 is 5.69 Å². The summed E-state index contributed by atoms with van der Waals surface area (Å²) in [6.07, 6.45) is 1.60. The van der Waals surface area contributed by atoms with Gasteiger partial charge in [0.1, 0.15) is 5.56 Å². The number of rotatable bonds is 4. The summed E-state index contributed by atoms with van der Waals surface area (Å²) in [5.74, 6) is -0.295. The molecule has 6 heteroatoms. The van der Waals surface area contributed by atoms with E-state index in [1.165, 1.54) is 4.57 Å². The van der Waals surface area contributed by atoms with Gasteiger partial charge in [0.15, 0.2) is 0 Å². The Hall–Kier alpha value is -1.82. The highest BCUT2D eigenvalue weighted by Gasteiger charge is 2.20. The van der Waals surface area contributed by atoms with Crippen molar-refractivity contribution in [3.05, 3.63) is 49.6 Å². The molecule has 0 saturated carbocycles. The SMILES string of the molecule is CCCC(C)n1c(O)c(-c2ccccc2Br)c(=O)[nH]c1=O. The van der Waals surface area contributed by atoms with E-state index in [-0.39, 0.29) is 17.5 Å². The molecule has 1 unspecified atom stereocenters. The molecule has 5 nitrogen and oxygen atoms in total. The van der Waals surface area contributed by atoms with E-state index in [9.17, 15) is 14.7 Å². The molecule has 1 atom stereocenters. The molecule has 2 rings (SSSR count). The lowest BCUT2D eigenvalue weighted by Gasteiger charge is -2.17. The van der Waals surface area contributed by atoms with Gasteiger partial charge in [-0.2, -0.15) is 0 Å². The Bertz CT molecular complexity index is 764. The first-order valence-corrected chi connectivity index (χ1v) is 7.59. The van der Waals surface area contributed by atoms with Gasteiger partial charge in [0.25, 0.3) is 5.56 Å². The number of aromatic nitrogens is 2. The molecule has 1 heterocycles. The predicted octanol–water partition coefficient (Wildman–Crippen LogP) is 3.03. The Labute approximate surface area is 130 Å². The molecule has 0 amide bonds. The van der Waals surface area contributed by atoms with E-state index in [0.29, 0.717) is 10.0 Å². The molecule has 0 fully saturated rings. The van der Waals surface area contributed by atoms with Gasteiger partial charge < -0.3 is 5.11 Å². The van der Waals surface area contributed by atoms with Crippen LogP contribution < -0.4 is 11.2 Å². The van der Waals surface area contributed by atoms with Crippen LogP contribution in [-0.4, -0.2) is 14.7 Å². The maximum Gasteiger partial charge on any atom is 0.331 e. The molecule has 0 aliphatic heterocycles. The lowest BCUT2D eigenvalue weighted by atomic mass is 10.1. The summed E-state index contributed by atoms with van der Waals surface area (Å²) in [6.45, 7) is 3.84. The molecule has 1 aromatic carbocycles. The van der Waals surface area contributed by atoms with E-state index in [1.54, 1.807) is 18.2 Å². The maximum atomic E-state index is 12.1. The Kier molecular flexibility index (Phi) is 4.67. The summed E-state index contributed by atoms with van der Waals surface area (Å²) in [4.78, 5) is 26.4. The molecular weight excluding hydrogens is 336 g/mol. The van der Waals surface area contributed by atoms with Gasteiger partial charge in [-0.15, -0.1) is 0 Å². The van der Waals surface area contributed by atoms with Crippen molar-refractivity contribution in [2.45, 2.75) is 32.7 Å². The molecule has 2 N–H and O–H groups in total. The smallest absolute Gasteiger partial charge is 0.331 e. The average Bonchev–Trinajstić information content (AvgIpc) is 2.40. The molecule has 0 aliphatic carbocycles. The van der Waals surface area contributed by atoms with Crippen LogP contribution in [0, 0.1) is 0 Å². The van der Waals surface area contributed by atoms with Crippen LogP contribution in [0.2, 0.25) is 0 Å². The van der Waals surface area contributed by atoms with Crippen LogP contribution >= 0.6 is 15.9 Å². The van der Waals surface area contributed by atoms with Crippen molar-refractivity contribution in [1.29, 1.82) is 0 Å². The van der Waals surface area contributed by atoms with Gasteiger partial charge in [-0.25, -0.2) is 4.79 Å². The van der Waals surface area contributed by atoms with E-state index in [0.717, 1.165) is 12.8 Å². The highest BCUT2D eigenvalue weighted by atomic mass is 79.9. The second-order valence-electron chi connectivity index (χ2n) is 4.95. The largest absolute Gasteiger partial charge is 0.494 e. The Morgan fingerprint density at radius 1 is 1.33 bits per heavy atom. The van der Waals surface area contributed by atoms with Crippen LogP contribution in [0.5, 0.6) is 5.88 Å². The second kappa shape index (κ2) is 6.30. The average molecular weight is 353 g/mol. The molecule has 2 aromatic rings. The topological polar surface area (TPSA) is 75.1 Å². The third kappa shape index (κ3) is 2.95. The van der Waals surface area contributed by atoms with E-state index >= 15 is 0 Å². The van der Waals surface area contributed by atoms with E-state index in [4.69, 9.17) is 0 Å². The number of hydrogen-bond acceptors (Lipinski definition) is 3. The molecule has 112 valence electrons. The molecule has 21 heavy (non-hydrogen) atoms. The van der Waals surface area contributed by atoms with E-state index in [1.807, 2.05) is 19.9 Å².